The van der Waals surface area contributed by atoms with Crippen LogP contribution >= 0.6 is 0 Å². The Morgan fingerprint density at radius 1 is 1.02 bits per heavy atom. The third-order valence-corrected chi connectivity index (χ3v) is 8.09. The van der Waals surface area contributed by atoms with E-state index in [0.29, 0.717) is 32.1 Å². The van der Waals surface area contributed by atoms with E-state index in [9.17, 15) is 14.4 Å². The summed E-state index contributed by atoms with van der Waals surface area (Å²) in [4.78, 5) is 37.6. The lowest BCUT2D eigenvalue weighted by atomic mass is 9.73. The predicted octanol–water partition coefficient (Wildman–Crippen LogP) is 7.79. The third-order valence-electron chi connectivity index (χ3n) is 8.09. The van der Waals surface area contributed by atoms with E-state index in [0.717, 1.165) is 61.9 Å². The van der Waals surface area contributed by atoms with Crippen LogP contribution in [0.25, 0.3) is 0 Å². The number of rotatable bonds is 14. The van der Waals surface area contributed by atoms with Crippen molar-refractivity contribution in [3.8, 4) is 0 Å². The maximum atomic E-state index is 13.3. The number of alkyl carbamates (subject to hydrolysis) is 1. The van der Waals surface area contributed by atoms with Gasteiger partial charge in [0, 0.05) is 13.7 Å². The highest BCUT2D eigenvalue weighted by Crippen LogP contribution is 2.46. The summed E-state index contributed by atoms with van der Waals surface area (Å²) >= 11 is 0. The molecule has 248 valence electrons. The number of ether oxygens (including phenoxy) is 4. The molecule has 0 spiro atoms. The second-order valence-electron chi connectivity index (χ2n) is 13.8. The van der Waals surface area contributed by atoms with Gasteiger partial charge in [0.1, 0.15) is 23.5 Å². The van der Waals surface area contributed by atoms with Crippen molar-refractivity contribution in [2.45, 2.75) is 112 Å². The summed E-state index contributed by atoms with van der Waals surface area (Å²) in [5.74, 6) is 0.469. The second-order valence-corrected chi connectivity index (χ2v) is 13.8. The van der Waals surface area contributed by atoms with Gasteiger partial charge in [-0.25, -0.2) is 9.59 Å². The predicted molar refractivity (Wildman–Crippen MR) is 174 cm³/mol. The highest BCUT2D eigenvalue weighted by atomic mass is 16.6. The number of allylic oxidation sites excluding steroid dienone is 6. The van der Waals surface area contributed by atoms with Crippen LogP contribution in [-0.2, 0) is 28.5 Å². The first-order valence-electron chi connectivity index (χ1n) is 16.3. The lowest BCUT2D eigenvalue weighted by Gasteiger charge is -2.32. The summed E-state index contributed by atoms with van der Waals surface area (Å²) in [6.45, 7) is 18.0. The molecule has 2 aliphatic carbocycles. The van der Waals surface area contributed by atoms with E-state index in [1.54, 1.807) is 26.2 Å². The largest absolute Gasteiger partial charge is 0.495 e. The molecule has 0 heterocycles. The van der Waals surface area contributed by atoms with Crippen molar-refractivity contribution in [1.82, 2.24) is 5.32 Å². The Morgan fingerprint density at radius 2 is 1.73 bits per heavy atom. The van der Waals surface area contributed by atoms with Crippen LogP contribution in [0.4, 0.5) is 4.79 Å². The number of carbonyl (C=O) groups is 3. The number of unbranched alkanes of at least 4 members (excludes halogenated alkanes) is 3. The van der Waals surface area contributed by atoms with Gasteiger partial charge < -0.3 is 24.3 Å². The standard InChI is InChI=1S/C36H57NO7/c1-10-29-26(22-28(24-41-9)43-19-15-13-12-14-18-37-34(40)44-36(6,7)8)21-27(35(3,4)5)20-25-16-17-30(33(39)42-11-2)32(38)23-31(25)29/h17,22-23,25,27H,10-16,18-21,24H2,1-9H3,(H,37,40). The van der Waals surface area contributed by atoms with Crippen LogP contribution in [-0.4, -0.2) is 56.9 Å². The Balaban J connectivity index is 2.18. The fraction of sp³-hybridized carbons (Fsp3) is 0.694. The first-order valence-corrected chi connectivity index (χ1v) is 16.3. The average molecular weight is 616 g/mol. The minimum atomic E-state index is -0.546. The maximum Gasteiger partial charge on any atom is 0.407 e. The molecular weight excluding hydrogens is 558 g/mol. The molecule has 0 saturated carbocycles. The minimum Gasteiger partial charge on any atom is -0.495 e. The molecule has 0 aromatic rings. The highest BCUT2D eigenvalue weighted by Gasteiger charge is 2.36. The van der Waals surface area contributed by atoms with Crippen LogP contribution in [0.2, 0.25) is 0 Å². The molecule has 1 N–H and O–H groups in total. The molecule has 2 rings (SSSR count). The minimum absolute atomic E-state index is 0.0536. The molecular formula is C36H57NO7. The summed E-state index contributed by atoms with van der Waals surface area (Å²) in [5, 5.41) is 2.80. The number of carbonyl (C=O) groups excluding carboxylic acids is 3. The molecule has 0 aromatic heterocycles. The Kier molecular flexibility index (Phi) is 14.9. The molecule has 1 amide bonds. The smallest absolute Gasteiger partial charge is 0.407 e. The SMILES string of the molecule is CCOC(=O)C1=CCC2CC(C(C)(C)C)CC(C=C(COC)OCCCCCCNC(=O)OC(C)(C)C)=C(CC)C2=CC1=O. The normalized spacial score (nSPS) is 19.8. The van der Waals surface area contributed by atoms with E-state index in [2.05, 4.69) is 39.1 Å². The number of fused-ring (bicyclic) bond motifs is 1. The molecule has 2 atom stereocenters. The van der Waals surface area contributed by atoms with Gasteiger partial charge in [-0.05, 0) is 112 Å². The third kappa shape index (κ3) is 12.3. The van der Waals surface area contributed by atoms with Crippen LogP contribution in [0.15, 0.2) is 46.3 Å². The number of hydrogen-bond acceptors (Lipinski definition) is 7. The summed E-state index contributed by atoms with van der Waals surface area (Å²) in [7, 11) is 1.67. The first kappa shape index (κ1) is 37.3. The zero-order chi connectivity index (χ0) is 32.9. The zero-order valence-corrected chi connectivity index (χ0v) is 28.7. The molecule has 0 fully saturated rings. The van der Waals surface area contributed by atoms with Gasteiger partial charge in [-0.2, -0.15) is 0 Å². The summed E-state index contributed by atoms with van der Waals surface area (Å²) < 4.78 is 22.2. The number of nitrogens with one attached hydrogen (secondary N) is 1. The van der Waals surface area contributed by atoms with Gasteiger partial charge in [0.15, 0.2) is 5.78 Å². The van der Waals surface area contributed by atoms with Gasteiger partial charge in [0.2, 0.25) is 0 Å². The van der Waals surface area contributed by atoms with E-state index in [4.69, 9.17) is 18.9 Å². The van der Waals surface area contributed by atoms with Crippen LogP contribution < -0.4 is 5.32 Å². The highest BCUT2D eigenvalue weighted by molar-refractivity contribution is 6.22. The molecule has 2 unspecified atom stereocenters. The summed E-state index contributed by atoms with van der Waals surface area (Å²) in [6.07, 6.45) is 12.2. The van der Waals surface area contributed by atoms with Crippen molar-refractivity contribution >= 4 is 17.8 Å². The van der Waals surface area contributed by atoms with Gasteiger partial charge in [-0.3, -0.25) is 4.79 Å². The fourth-order valence-corrected chi connectivity index (χ4v) is 5.76. The van der Waals surface area contributed by atoms with Crippen molar-refractivity contribution in [1.29, 1.82) is 0 Å². The van der Waals surface area contributed by atoms with E-state index in [-0.39, 0.29) is 35.4 Å². The van der Waals surface area contributed by atoms with Gasteiger partial charge in [-0.15, -0.1) is 0 Å². The van der Waals surface area contributed by atoms with Crippen molar-refractivity contribution < 1.29 is 33.3 Å². The van der Waals surface area contributed by atoms with Crippen molar-refractivity contribution in [2.75, 3.05) is 33.5 Å². The zero-order valence-electron chi connectivity index (χ0n) is 28.7. The Morgan fingerprint density at radius 3 is 2.34 bits per heavy atom. The topological polar surface area (TPSA) is 100 Å². The van der Waals surface area contributed by atoms with Gasteiger partial charge in [-0.1, -0.05) is 46.6 Å². The van der Waals surface area contributed by atoms with Crippen molar-refractivity contribution in [2.24, 2.45) is 17.3 Å². The Hall–Kier alpha value is -2.87. The number of ketones is 1. The number of amides is 1. The Bertz CT molecular complexity index is 1110. The van der Waals surface area contributed by atoms with E-state index in [1.165, 1.54) is 5.57 Å². The number of hydrogen-bond donors (Lipinski definition) is 1. The maximum absolute atomic E-state index is 13.3. The lowest BCUT2D eigenvalue weighted by Crippen LogP contribution is -2.32. The molecule has 0 radical (unpaired) electrons. The molecule has 2 aliphatic rings. The van der Waals surface area contributed by atoms with Crippen molar-refractivity contribution in [3.63, 3.8) is 0 Å². The first-order chi connectivity index (χ1) is 20.7. The molecule has 8 heteroatoms. The van der Waals surface area contributed by atoms with Gasteiger partial charge >= 0.3 is 12.1 Å². The van der Waals surface area contributed by atoms with Gasteiger partial charge in [0.25, 0.3) is 0 Å². The van der Waals surface area contributed by atoms with Crippen molar-refractivity contribution in [3.05, 3.63) is 46.3 Å². The van der Waals surface area contributed by atoms with Crippen LogP contribution in [0.5, 0.6) is 0 Å². The summed E-state index contributed by atoms with van der Waals surface area (Å²) in [5.41, 5.74) is 3.05. The van der Waals surface area contributed by atoms with E-state index >= 15 is 0 Å². The number of esters is 1. The lowest BCUT2D eigenvalue weighted by molar-refractivity contribution is -0.139. The van der Waals surface area contributed by atoms with Crippen LogP contribution in [0, 0.1) is 17.3 Å². The fourth-order valence-electron chi connectivity index (χ4n) is 5.76. The molecule has 0 aromatic carbocycles. The molecule has 0 bridgehead atoms. The van der Waals surface area contributed by atoms with Crippen LogP contribution in [0.3, 0.4) is 0 Å². The monoisotopic (exact) mass is 615 g/mol. The van der Waals surface area contributed by atoms with E-state index in [1.807, 2.05) is 20.8 Å². The second kappa shape index (κ2) is 17.6. The molecule has 0 saturated heterocycles. The van der Waals surface area contributed by atoms with Crippen LogP contribution in [0.1, 0.15) is 107 Å². The molecule has 0 aliphatic heterocycles. The summed E-state index contributed by atoms with van der Waals surface area (Å²) in [6, 6.07) is 0. The molecule has 44 heavy (non-hydrogen) atoms. The quantitative estimate of drug-likeness (QED) is 0.0921. The Labute approximate surface area is 265 Å². The van der Waals surface area contributed by atoms with E-state index < -0.39 is 11.6 Å². The average Bonchev–Trinajstić information content (AvgIpc) is 3.16. The molecule has 8 nitrogen and oxygen atoms in total. The van der Waals surface area contributed by atoms with Gasteiger partial charge in [0.05, 0.1) is 13.2 Å². The number of methoxy groups -OCH3 is 1.